The van der Waals surface area contributed by atoms with Crippen LogP contribution in [0.4, 0.5) is 0 Å². The molecule has 0 saturated heterocycles. The lowest BCUT2D eigenvalue weighted by molar-refractivity contribution is -0.125. The normalized spacial score (nSPS) is 10.4. The summed E-state index contributed by atoms with van der Waals surface area (Å²) >= 11 is 0. The lowest BCUT2D eigenvalue weighted by atomic mass is 10.0. The van der Waals surface area contributed by atoms with E-state index < -0.39 is 0 Å². The smallest absolute Gasteiger partial charge is 0.239 e. The van der Waals surface area contributed by atoms with Crippen LogP contribution >= 0.6 is 0 Å². The minimum absolute atomic E-state index is 0.0725. The van der Waals surface area contributed by atoms with Gasteiger partial charge in [0.05, 0.1) is 27.2 Å². The van der Waals surface area contributed by atoms with E-state index >= 15 is 0 Å². The Labute approximate surface area is 169 Å². The van der Waals surface area contributed by atoms with Crippen molar-refractivity contribution in [1.29, 1.82) is 0 Å². The Kier molecular flexibility index (Phi) is 6.68. The number of amides is 2. The molecule has 0 atom stereocenters. The van der Waals surface area contributed by atoms with Gasteiger partial charge in [0.2, 0.25) is 11.8 Å². The van der Waals surface area contributed by atoms with Crippen LogP contribution in [0, 0.1) is 0 Å². The Morgan fingerprint density at radius 1 is 0.828 bits per heavy atom. The van der Waals surface area contributed by atoms with Gasteiger partial charge in [-0.1, -0.05) is 48.5 Å². The molecule has 2 amide bonds. The van der Waals surface area contributed by atoms with Gasteiger partial charge < -0.3 is 20.1 Å². The lowest BCUT2D eigenvalue weighted by Gasteiger charge is -2.11. The van der Waals surface area contributed by atoms with E-state index in [1.165, 1.54) is 0 Å². The van der Waals surface area contributed by atoms with Crippen molar-refractivity contribution in [1.82, 2.24) is 10.6 Å². The second-order valence-corrected chi connectivity index (χ2v) is 6.56. The molecule has 0 aliphatic carbocycles. The number of nitrogens with one attached hydrogen (secondary N) is 2. The molecule has 150 valence electrons. The highest BCUT2D eigenvalue weighted by Gasteiger charge is 2.10. The van der Waals surface area contributed by atoms with Crippen molar-refractivity contribution >= 4 is 22.6 Å². The highest BCUT2D eigenvalue weighted by atomic mass is 16.5. The molecule has 0 saturated carbocycles. The molecule has 6 nitrogen and oxygen atoms in total. The van der Waals surface area contributed by atoms with Crippen molar-refractivity contribution < 1.29 is 19.1 Å². The first kappa shape index (κ1) is 20.2. The van der Waals surface area contributed by atoms with Crippen LogP contribution in [0.1, 0.15) is 11.1 Å². The van der Waals surface area contributed by atoms with Gasteiger partial charge in [0.15, 0.2) is 11.5 Å². The molecule has 29 heavy (non-hydrogen) atoms. The van der Waals surface area contributed by atoms with Crippen LogP contribution in [0.5, 0.6) is 11.5 Å². The van der Waals surface area contributed by atoms with Crippen molar-refractivity contribution in [2.45, 2.75) is 13.0 Å². The molecule has 0 radical (unpaired) electrons. The first-order chi connectivity index (χ1) is 14.1. The molecule has 0 bridgehead atoms. The molecule has 0 aliphatic rings. The summed E-state index contributed by atoms with van der Waals surface area (Å²) in [7, 11) is 3.13. The zero-order chi connectivity index (χ0) is 20.6. The van der Waals surface area contributed by atoms with Crippen molar-refractivity contribution in [3.05, 3.63) is 71.8 Å². The number of hydrogen-bond donors (Lipinski definition) is 2. The number of hydrogen-bond acceptors (Lipinski definition) is 4. The van der Waals surface area contributed by atoms with Crippen LogP contribution in [-0.2, 0) is 22.6 Å². The fourth-order valence-corrected chi connectivity index (χ4v) is 3.11. The van der Waals surface area contributed by atoms with Gasteiger partial charge in [-0.3, -0.25) is 9.59 Å². The summed E-state index contributed by atoms with van der Waals surface area (Å²) in [5.41, 5.74) is 1.81. The van der Waals surface area contributed by atoms with Gasteiger partial charge in [0, 0.05) is 6.54 Å². The average Bonchev–Trinajstić information content (AvgIpc) is 2.76. The van der Waals surface area contributed by atoms with Crippen LogP contribution in [0.25, 0.3) is 10.8 Å². The van der Waals surface area contributed by atoms with Gasteiger partial charge in [-0.25, -0.2) is 0 Å². The Balaban J connectivity index is 1.49. The van der Waals surface area contributed by atoms with Crippen molar-refractivity contribution in [3.63, 3.8) is 0 Å². The highest BCUT2D eigenvalue weighted by Crippen LogP contribution is 2.27. The highest BCUT2D eigenvalue weighted by molar-refractivity contribution is 5.91. The predicted octanol–water partition coefficient (Wildman–Crippen LogP) is 2.83. The fraction of sp³-hybridized carbons (Fsp3) is 0.217. The predicted molar refractivity (Wildman–Crippen MR) is 112 cm³/mol. The maximum Gasteiger partial charge on any atom is 0.239 e. The van der Waals surface area contributed by atoms with Gasteiger partial charge in [0.1, 0.15) is 0 Å². The van der Waals surface area contributed by atoms with E-state index in [1.54, 1.807) is 26.4 Å². The molecular weight excluding hydrogens is 368 g/mol. The molecule has 0 heterocycles. The Bertz CT molecular complexity index is 1010. The molecule has 0 aromatic heterocycles. The van der Waals surface area contributed by atoms with Gasteiger partial charge in [-0.05, 0) is 34.0 Å². The number of ether oxygens (including phenoxy) is 2. The van der Waals surface area contributed by atoms with E-state index in [0.29, 0.717) is 18.0 Å². The van der Waals surface area contributed by atoms with Gasteiger partial charge in [0.25, 0.3) is 0 Å². The van der Waals surface area contributed by atoms with Gasteiger partial charge in [-0.2, -0.15) is 0 Å². The molecule has 0 aliphatic heterocycles. The van der Waals surface area contributed by atoms with Crippen LogP contribution in [0.15, 0.2) is 60.7 Å². The summed E-state index contributed by atoms with van der Waals surface area (Å²) in [6.45, 7) is 0.259. The van der Waals surface area contributed by atoms with Crippen LogP contribution in [-0.4, -0.2) is 32.6 Å². The molecule has 2 N–H and O–H groups in total. The van der Waals surface area contributed by atoms with E-state index in [1.807, 2.05) is 48.5 Å². The van der Waals surface area contributed by atoms with Crippen molar-refractivity contribution in [2.75, 3.05) is 20.8 Å². The first-order valence-corrected chi connectivity index (χ1v) is 9.31. The molecule has 0 unspecified atom stereocenters. The second-order valence-electron chi connectivity index (χ2n) is 6.56. The Morgan fingerprint density at radius 2 is 1.59 bits per heavy atom. The van der Waals surface area contributed by atoms with Crippen molar-refractivity contribution in [2.24, 2.45) is 0 Å². The number of rotatable bonds is 8. The third-order valence-electron chi connectivity index (χ3n) is 4.61. The number of carbonyl (C=O) groups excluding carboxylic acids is 2. The fourth-order valence-electron chi connectivity index (χ4n) is 3.11. The number of fused-ring (bicyclic) bond motifs is 1. The largest absolute Gasteiger partial charge is 0.493 e. The SMILES string of the molecule is COc1ccc(CNC(=O)CNC(=O)Cc2cccc3ccccc23)cc1OC. The van der Waals surface area contributed by atoms with Crippen LogP contribution < -0.4 is 20.1 Å². The van der Waals surface area contributed by atoms with E-state index in [0.717, 1.165) is 21.9 Å². The lowest BCUT2D eigenvalue weighted by Crippen LogP contribution is -2.37. The third-order valence-corrected chi connectivity index (χ3v) is 4.61. The molecule has 6 heteroatoms. The minimum atomic E-state index is -0.258. The van der Waals surface area contributed by atoms with E-state index in [4.69, 9.17) is 9.47 Å². The zero-order valence-corrected chi connectivity index (χ0v) is 16.5. The summed E-state index contributed by atoms with van der Waals surface area (Å²) in [6.07, 6.45) is 0.227. The summed E-state index contributed by atoms with van der Waals surface area (Å²) in [6, 6.07) is 19.2. The molecule has 0 fully saturated rings. The molecule has 3 rings (SSSR count). The average molecular weight is 392 g/mol. The van der Waals surface area contributed by atoms with Crippen LogP contribution in [0.3, 0.4) is 0 Å². The molecular formula is C23H24N2O4. The zero-order valence-electron chi connectivity index (χ0n) is 16.5. The maximum atomic E-state index is 12.3. The standard InChI is InChI=1S/C23H24N2O4/c1-28-20-11-10-16(12-21(20)29-2)14-24-23(27)15-25-22(26)13-18-8-5-7-17-6-3-4-9-19(17)18/h3-12H,13-15H2,1-2H3,(H,24,27)(H,25,26). The summed E-state index contributed by atoms with van der Waals surface area (Å²) in [5.74, 6) is 0.777. The minimum Gasteiger partial charge on any atom is -0.493 e. The summed E-state index contributed by atoms with van der Waals surface area (Å²) < 4.78 is 10.5. The van der Waals surface area contributed by atoms with Gasteiger partial charge >= 0.3 is 0 Å². The van der Waals surface area contributed by atoms with E-state index in [9.17, 15) is 9.59 Å². The second kappa shape index (κ2) is 9.59. The maximum absolute atomic E-state index is 12.3. The van der Waals surface area contributed by atoms with Crippen LogP contribution in [0.2, 0.25) is 0 Å². The Morgan fingerprint density at radius 3 is 2.38 bits per heavy atom. The van der Waals surface area contributed by atoms with Crippen molar-refractivity contribution in [3.8, 4) is 11.5 Å². The third kappa shape index (κ3) is 5.25. The molecule has 0 spiro atoms. The summed E-state index contributed by atoms with van der Waals surface area (Å²) in [4.78, 5) is 24.3. The number of carbonyl (C=O) groups is 2. The van der Waals surface area contributed by atoms with E-state index in [2.05, 4.69) is 10.6 Å². The van der Waals surface area contributed by atoms with E-state index in [-0.39, 0.29) is 24.8 Å². The molecule has 3 aromatic rings. The topological polar surface area (TPSA) is 76.7 Å². The number of methoxy groups -OCH3 is 2. The first-order valence-electron chi connectivity index (χ1n) is 9.31. The Hall–Kier alpha value is -3.54. The van der Waals surface area contributed by atoms with Gasteiger partial charge in [-0.15, -0.1) is 0 Å². The quantitative estimate of drug-likeness (QED) is 0.618. The number of benzene rings is 3. The monoisotopic (exact) mass is 392 g/mol. The molecule has 3 aromatic carbocycles. The summed E-state index contributed by atoms with van der Waals surface area (Å²) in [5, 5.41) is 7.60.